The zero-order chi connectivity index (χ0) is 12.4. The standard InChI is InChI=1S/C15H16O3/c1-16-14-8-10-15(18-14)9-7-13(17-15)11-12-5-3-2-4-6-12/h2-7,9,11,14H,8,10H2,1H3/b13-11-/t14-,15+/m1/s1. The molecule has 0 aromatic heterocycles. The summed E-state index contributed by atoms with van der Waals surface area (Å²) >= 11 is 0. The van der Waals surface area contributed by atoms with Gasteiger partial charge in [0.2, 0.25) is 5.79 Å². The van der Waals surface area contributed by atoms with Crippen molar-refractivity contribution >= 4 is 6.08 Å². The first-order valence-corrected chi connectivity index (χ1v) is 6.15. The van der Waals surface area contributed by atoms with Crippen LogP contribution in [0.3, 0.4) is 0 Å². The lowest BCUT2D eigenvalue weighted by Gasteiger charge is -2.22. The van der Waals surface area contributed by atoms with Crippen molar-refractivity contribution in [3.8, 4) is 0 Å². The molecule has 2 aliphatic heterocycles. The van der Waals surface area contributed by atoms with E-state index in [-0.39, 0.29) is 6.29 Å². The molecule has 2 heterocycles. The van der Waals surface area contributed by atoms with Gasteiger partial charge >= 0.3 is 0 Å². The third-order valence-electron chi connectivity index (χ3n) is 3.22. The SMILES string of the molecule is CO[C@H]1CC[C@]2(C=C/C(=C/c3ccccc3)O2)O1. The molecule has 1 fully saturated rings. The van der Waals surface area contributed by atoms with Gasteiger partial charge in [-0.25, -0.2) is 0 Å². The van der Waals surface area contributed by atoms with Crippen LogP contribution in [-0.4, -0.2) is 19.2 Å². The Bertz CT molecular complexity index is 478. The van der Waals surface area contributed by atoms with Gasteiger partial charge in [-0.2, -0.15) is 0 Å². The average Bonchev–Trinajstić information content (AvgIpc) is 2.99. The van der Waals surface area contributed by atoms with Gasteiger partial charge < -0.3 is 14.2 Å². The van der Waals surface area contributed by atoms with E-state index >= 15 is 0 Å². The highest BCUT2D eigenvalue weighted by Crippen LogP contribution is 2.39. The van der Waals surface area contributed by atoms with Crippen LogP contribution in [0, 0.1) is 0 Å². The van der Waals surface area contributed by atoms with Gasteiger partial charge in [-0.15, -0.1) is 0 Å². The van der Waals surface area contributed by atoms with E-state index in [1.165, 1.54) is 0 Å². The smallest absolute Gasteiger partial charge is 0.233 e. The molecule has 0 aliphatic carbocycles. The molecule has 0 N–H and O–H groups in total. The Balaban J connectivity index is 1.73. The van der Waals surface area contributed by atoms with Crippen LogP contribution < -0.4 is 0 Å². The van der Waals surface area contributed by atoms with E-state index in [0.29, 0.717) is 0 Å². The lowest BCUT2D eigenvalue weighted by Crippen LogP contribution is -2.27. The molecule has 3 rings (SSSR count). The summed E-state index contributed by atoms with van der Waals surface area (Å²) < 4.78 is 16.8. The summed E-state index contributed by atoms with van der Waals surface area (Å²) in [7, 11) is 1.66. The second kappa shape index (κ2) is 4.59. The molecule has 1 aromatic carbocycles. The molecule has 3 heteroatoms. The molecule has 0 saturated carbocycles. The van der Waals surface area contributed by atoms with Crippen LogP contribution in [0.5, 0.6) is 0 Å². The molecule has 0 radical (unpaired) electrons. The fraction of sp³-hybridized carbons (Fsp3) is 0.333. The average molecular weight is 244 g/mol. The Morgan fingerprint density at radius 3 is 2.89 bits per heavy atom. The first-order valence-electron chi connectivity index (χ1n) is 6.15. The molecular formula is C15H16O3. The zero-order valence-electron chi connectivity index (χ0n) is 10.3. The molecule has 2 atom stereocenters. The van der Waals surface area contributed by atoms with Gasteiger partial charge in [0, 0.05) is 20.0 Å². The third-order valence-corrected chi connectivity index (χ3v) is 3.22. The van der Waals surface area contributed by atoms with Gasteiger partial charge in [0.25, 0.3) is 0 Å². The Labute approximate surface area is 107 Å². The highest BCUT2D eigenvalue weighted by molar-refractivity contribution is 5.55. The minimum absolute atomic E-state index is 0.161. The summed E-state index contributed by atoms with van der Waals surface area (Å²) in [5, 5.41) is 0. The van der Waals surface area contributed by atoms with Crippen molar-refractivity contribution in [2.45, 2.75) is 24.9 Å². The van der Waals surface area contributed by atoms with Gasteiger partial charge in [0.05, 0.1) is 0 Å². The summed E-state index contributed by atoms with van der Waals surface area (Å²) in [5.41, 5.74) is 1.12. The second-order valence-electron chi connectivity index (χ2n) is 4.53. The van der Waals surface area contributed by atoms with E-state index < -0.39 is 5.79 Å². The monoisotopic (exact) mass is 244 g/mol. The minimum Gasteiger partial charge on any atom is -0.459 e. The van der Waals surface area contributed by atoms with Gasteiger partial charge in [-0.3, -0.25) is 0 Å². The van der Waals surface area contributed by atoms with Crippen LogP contribution in [0.4, 0.5) is 0 Å². The van der Waals surface area contributed by atoms with Crippen molar-refractivity contribution in [3.63, 3.8) is 0 Å². The first kappa shape index (κ1) is 11.5. The van der Waals surface area contributed by atoms with Gasteiger partial charge in [-0.1, -0.05) is 30.3 Å². The van der Waals surface area contributed by atoms with Crippen LogP contribution in [-0.2, 0) is 14.2 Å². The second-order valence-corrected chi connectivity index (χ2v) is 4.53. The van der Waals surface area contributed by atoms with Crippen molar-refractivity contribution in [1.29, 1.82) is 0 Å². The highest BCUT2D eigenvalue weighted by atomic mass is 16.8. The van der Waals surface area contributed by atoms with Crippen molar-refractivity contribution in [2.75, 3.05) is 7.11 Å². The Hall–Kier alpha value is -1.58. The predicted octanol–water partition coefficient (Wildman–Crippen LogP) is 3.09. The van der Waals surface area contributed by atoms with Crippen LogP contribution in [0.2, 0.25) is 0 Å². The maximum Gasteiger partial charge on any atom is 0.233 e. The van der Waals surface area contributed by atoms with Crippen LogP contribution in [0.15, 0.2) is 48.2 Å². The zero-order valence-corrected chi connectivity index (χ0v) is 10.3. The molecule has 1 aromatic rings. The molecule has 2 aliphatic rings. The van der Waals surface area contributed by atoms with E-state index in [9.17, 15) is 0 Å². The molecule has 18 heavy (non-hydrogen) atoms. The molecule has 1 saturated heterocycles. The van der Waals surface area contributed by atoms with Gasteiger partial charge in [0.1, 0.15) is 5.76 Å². The van der Waals surface area contributed by atoms with Crippen molar-refractivity contribution in [2.24, 2.45) is 0 Å². The summed E-state index contributed by atoms with van der Waals surface area (Å²) in [6.45, 7) is 0. The molecule has 3 nitrogen and oxygen atoms in total. The number of methoxy groups -OCH3 is 1. The first-order chi connectivity index (χ1) is 8.80. The normalized spacial score (nSPS) is 32.3. The number of hydrogen-bond acceptors (Lipinski definition) is 3. The quantitative estimate of drug-likeness (QED) is 0.800. The number of benzene rings is 1. The summed E-state index contributed by atoms with van der Waals surface area (Å²) in [5.74, 6) is 0.222. The van der Waals surface area contributed by atoms with Crippen molar-refractivity contribution in [3.05, 3.63) is 53.8 Å². The maximum atomic E-state index is 5.89. The highest BCUT2D eigenvalue weighted by Gasteiger charge is 2.43. The Morgan fingerprint density at radius 2 is 2.17 bits per heavy atom. The van der Waals surface area contributed by atoms with E-state index in [1.54, 1.807) is 7.11 Å². The lowest BCUT2D eigenvalue weighted by atomic mass is 10.2. The Kier molecular flexibility index (Phi) is 2.94. The number of rotatable bonds is 2. The topological polar surface area (TPSA) is 27.7 Å². The predicted molar refractivity (Wildman–Crippen MR) is 68.5 cm³/mol. The van der Waals surface area contributed by atoms with E-state index in [0.717, 1.165) is 24.2 Å². The minimum atomic E-state index is -0.610. The number of ether oxygens (including phenoxy) is 3. The van der Waals surface area contributed by atoms with Gasteiger partial charge in [0.15, 0.2) is 6.29 Å². The number of allylic oxidation sites excluding steroid dienone is 1. The molecule has 1 spiro atoms. The fourth-order valence-electron chi connectivity index (χ4n) is 2.29. The molecule has 0 amide bonds. The molecule has 94 valence electrons. The molecule has 0 unspecified atom stereocenters. The van der Waals surface area contributed by atoms with Gasteiger partial charge in [-0.05, 0) is 23.8 Å². The summed E-state index contributed by atoms with van der Waals surface area (Å²) in [6.07, 6.45) is 7.47. The lowest BCUT2D eigenvalue weighted by molar-refractivity contribution is -0.218. The number of hydrogen-bond donors (Lipinski definition) is 0. The molecular weight excluding hydrogens is 228 g/mol. The van der Waals surface area contributed by atoms with Crippen molar-refractivity contribution in [1.82, 2.24) is 0 Å². The van der Waals surface area contributed by atoms with Crippen molar-refractivity contribution < 1.29 is 14.2 Å². The van der Waals surface area contributed by atoms with E-state index in [2.05, 4.69) is 0 Å². The fourth-order valence-corrected chi connectivity index (χ4v) is 2.29. The van der Waals surface area contributed by atoms with Crippen LogP contribution in [0.1, 0.15) is 18.4 Å². The third kappa shape index (κ3) is 2.19. The maximum absolute atomic E-state index is 5.89. The molecule has 0 bridgehead atoms. The summed E-state index contributed by atoms with van der Waals surface area (Å²) in [4.78, 5) is 0. The largest absolute Gasteiger partial charge is 0.459 e. The van der Waals surface area contributed by atoms with Crippen LogP contribution >= 0.6 is 0 Å². The Morgan fingerprint density at radius 1 is 1.33 bits per heavy atom. The summed E-state index contributed by atoms with van der Waals surface area (Å²) in [6, 6.07) is 10.1. The van der Waals surface area contributed by atoms with Crippen LogP contribution in [0.25, 0.3) is 6.08 Å². The van der Waals surface area contributed by atoms with E-state index in [1.807, 2.05) is 48.6 Å². The van der Waals surface area contributed by atoms with E-state index in [4.69, 9.17) is 14.2 Å².